The molecule has 0 bridgehead atoms. The van der Waals surface area contributed by atoms with Gasteiger partial charge in [-0.05, 0) is 49.7 Å². The number of carbonyl (C=O) groups is 1. The monoisotopic (exact) mass is 240 g/mol. The average Bonchev–Trinajstić information content (AvgIpc) is 2.80. The van der Waals surface area contributed by atoms with E-state index in [0.29, 0.717) is 5.76 Å². The Hall–Kier alpha value is -1.57. The largest absolute Gasteiger partial charge is 0.453 e. The third-order valence-electron chi connectivity index (χ3n) is 4.60. The molecule has 2 aliphatic carbocycles. The van der Waals surface area contributed by atoms with Crippen molar-refractivity contribution in [2.75, 3.05) is 0 Å². The number of aryl methyl sites for hydroxylation is 1. The maximum atomic E-state index is 12.4. The van der Waals surface area contributed by atoms with Crippen molar-refractivity contribution < 1.29 is 9.21 Å². The van der Waals surface area contributed by atoms with Crippen molar-refractivity contribution in [2.24, 2.45) is 17.8 Å². The number of hydrogen-bond acceptors (Lipinski definition) is 2. The molecule has 2 nitrogen and oxygen atoms in total. The standard InChI is InChI=1S/C16H16O2/c1-9-3-2-4-10-8-14(18-16(9)10)15(17)13-6-11-5-12(11)7-13/h2-4,8,11-13H,5-7H2,1H3. The van der Waals surface area contributed by atoms with Gasteiger partial charge in [0.2, 0.25) is 5.78 Å². The summed E-state index contributed by atoms with van der Waals surface area (Å²) >= 11 is 0. The maximum absolute atomic E-state index is 12.4. The lowest BCUT2D eigenvalue weighted by molar-refractivity contribution is 0.0888. The molecule has 2 saturated carbocycles. The first kappa shape index (κ1) is 10.4. The van der Waals surface area contributed by atoms with Crippen LogP contribution in [0.5, 0.6) is 0 Å². The Kier molecular flexibility index (Phi) is 2.00. The number of benzene rings is 1. The Bertz CT molecular complexity index is 628. The van der Waals surface area contributed by atoms with Crippen molar-refractivity contribution in [3.05, 3.63) is 35.6 Å². The topological polar surface area (TPSA) is 30.2 Å². The van der Waals surface area contributed by atoms with Crippen molar-refractivity contribution in [2.45, 2.75) is 26.2 Å². The number of Topliss-reactive ketones (excluding diaryl/α,β-unsaturated/α-hetero) is 1. The molecule has 92 valence electrons. The second-order valence-corrected chi connectivity index (χ2v) is 5.89. The van der Waals surface area contributed by atoms with Crippen LogP contribution in [0.15, 0.2) is 28.7 Å². The Labute approximate surface area is 106 Å². The smallest absolute Gasteiger partial charge is 0.201 e. The van der Waals surface area contributed by atoms with Crippen molar-refractivity contribution in [3.63, 3.8) is 0 Å². The van der Waals surface area contributed by atoms with E-state index in [-0.39, 0.29) is 11.7 Å². The summed E-state index contributed by atoms with van der Waals surface area (Å²) in [5, 5.41) is 1.04. The van der Waals surface area contributed by atoms with Crippen LogP contribution in [0.4, 0.5) is 0 Å². The van der Waals surface area contributed by atoms with Gasteiger partial charge in [0.05, 0.1) is 0 Å². The minimum Gasteiger partial charge on any atom is -0.453 e. The second kappa shape index (κ2) is 3.47. The molecule has 2 atom stereocenters. The Morgan fingerprint density at radius 2 is 2.00 bits per heavy atom. The number of rotatable bonds is 2. The van der Waals surface area contributed by atoms with Crippen molar-refractivity contribution >= 4 is 16.8 Å². The molecule has 2 fully saturated rings. The molecule has 4 rings (SSSR count). The first-order chi connectivity index (χ1) is 8.72. The van der Waals surface area contributed by atoms with Crippen LogP contribution in [0.2, 0.25) is 0 Å². The number of para-hydroxylation sites is 1. The third-order valence-corrected chi connectivity index (χ3v) is 4.60. The molecule has 0 saturated heterocycles. The minimum atomic E-state index is 0.217. The molecule has 2 unspecified atom stereocenters. The van der Waals surface area contributed by atoms with Gasteiger partial charge in [0.1, 0.15) is 5.58 Å². The highest BCUT2D eigenvalue weighted by atomic mass is 16.3. The molecule has 2 aromatic rings. The van der Waals surface area contributed by atoms with E-state index in [0.717, 1.165) is 41.2 Å². The molecule has 18 heavy (non-hydrogen) atoms. The van der Waals surface area contributed by atoms with E-state index < -0.39 is 0 Å². The summed E-state index contributed by atoms with van der Waals surface area (Å²) < 4.78 is 5.77. The van der Waals surface area contributed by atoms with Crippen LogP contribution in [0.25, 0.3) is 11.0 Å². The minimum absolute atomic E-state index is 0.217. The summed E-state index contributed by atoms with van der Waals surface area (Å²) in [6.07, 6.45) is 3.52. The van der Waals surface area contributed by atoms with Crippen molar-refractivity contribution in [3.8, 4) is 0 Å². The zero-order valence-electron chi connectivity index (χ0n) is 10.5. The van der Waals surface area contributed by atoms with Gasteiger partial charge in [0.15, 0.2) is 5.76 Å². The first-order valence-corrected chi connectivity index (χ1v) is 6.76. The summed E-state index contributed by atoms with van der Waals surface area (Å²) in [6, 6.07) is 7.94. The van der Waals surface area contributed by atoms with Crippen LogP contribution >= 0.6 is 0 Å². The van der Waals surface area contributed by atoms with Gasteiger partial charge in [-0.2, -0.15) is 0 Å². The van der Waals surface area contributed by atoms with Gasteiger partial charge in [-0.1, -0.05) is 18.2 Å². The molecule has 1 aromatic carbocycles. The molecule has 0 spiro atoms. The van der Waals surface area contributed by atoms with Gasteiger partial charge in [0.25, 0.3) is 0 Å². The molecule has 0 radical (unpaired) electrons. The molecule has 1 aromatic heterocycles. The SMILES string of the molecule is Cc1cccc2cc(C(=O)C3CC4CC4C3)oc12. The van der Waals surface area contributed by atoms with Crippen LogP contribution in [0, 0.1) is 24.7 Å². The van der Waals surface area contributed by atoms with Gasteiger partial charge < -0.3 is 4.42 Å². The van der Waals surface area contributed by atoms with E-state index in [1.807, 2.05) is 31.2 Å². The zero-order chi connectivity index (χ0) is 12.3. The molecular formula is C16H16O2. The number of furan rings is 1. The van der Waals surface area contributed by atoms with E-state index in [1.54, 1.807) is 0 Å². The van der Waals surface area contributed by atoms with Gasteiger partial charge >= 0.3 is 0 Å². The number of carbonyl (C=O) groups excluding carboxylic acids is 1. The fourth-order valence-electron chi connectivity index (χ4n) is 3.46. The highest BCUT2D eigenvalue weighted by Gasteiger charge is 2.48. The quantitative estimate of drug-likeness (QED) is 0.743. The Morgan fingerprint density at radius 3 is 2.72 bits per heavy atom. The summed E-state index contributed by atoms with van der Waals surface area (Å²) in [5.74, 6) is 2.67. The molecular weight excluding hydrogens is 224 g/mol. The molecule has 2 aliphatic rings. The van der Waals surface area contributed by atoms with Gasteiger partial charge in [-0.25, -0.2) is 0 Å². The van der Waals surface area contributed by atoms with Gasteiger partial charge in [-0.3, -0.25) is 4.79 Å². The second-order valence-electron chi connectivity index (χ2n) is 5.89. The maximum Gasteiger partial charge on any atom is 0.201 e. The van der Waals surface area contributed by atoms with E-state index in [9.17, 15) is 4.79 Å². The number of ketones is 1. The van der Waals surface area contributed by atoms with Crippen LogP contribution in [-0.4, -0.2) is 5.78 Å². The summed E-state index contributed by atoms with van der Waals surface area (Å²) in [5.41, 5.74) is 1.96. The van der Waals surface area contributed by atoms with E-state index in [1.165, 1.54) is 6.42 Å². The van der Waals surface area contributed by atoms with E-state index in [2.05, 4.69) is 0 Å². The molecule has 0 aliphatic heterocycles. The third kappa shape index (κ3) is 1.45. The van der Waals surface area contributed by atoms with Crippen molar-refractivity contribution in [1.29, 1.82) is 0 Å². The Balaban J connectivity index is 1.69. The molecule has 2 heteroatoms. The predicted octanol–water partition coefficient (Wildman–Crippen LogP) is 3.97. The lowest BCUT2D eigenvalue weighted by Gasteiger charge is -2.07. The van der Waals surface area contributed by atoms with Crippen LogP contribution in [-0.2, 0) is 0 Å². The van der Waals surface area contributed by atoms with Crippen LogP contribution in [0.3, 0.4) is 0 Å². The molecule has 1 heterocycles. The Morgan fingerprint density at radius 1 is 1.22 bits per heavy atom. The average molecular weight is 240 g/mol. The van der Waals surface area contributed by atoms with Gasteiger partial charge in [0, 0.05) is 11.3 Å². The molecule has 0 N–H and O–H groups in total. The zero-order valence-corrected chi connectivity index (χ0v) is 10.5. The summed E-state index contributed by atoms with van der Waals surface area (Å²) in [6.45, 7) is 2.02. The van der Waals surface area contributed by atoms with Crippen molar-refractivity contribution in [1.82, 2.24) is 0 Å². The normalized spacial score (nSPS) is 29.5. The number of hydrogen-bond donors (Lipinski definition) is 0. The van der Waals surface area contributed by atoms with Crippen LogP contribution in [0.1, 0.15) is 35.4 Å². The molecule has 0 amide bonds. The fraction of sp³-hybridized carbons (Fsp3) is 0.438. The predicted molar refractivity (Wildman–Crippen MR) is 69.6 cm³/mol. The lowest BCUT2D eigenvalue weighted by atomic mass is 9.97. The van der Waals surface area contributed by atoms with Gasteiger partial charge in [-0.15, -0.1) is 0 Å². The first-order valence-electron chi connectivity index (χ1n) is 6.76. The van der Waals surface area contributed by atoms with E-state index in [4.69, 9.17) is 4.42 Å². The lowest BCUT2D eigenvalue weighted by Crippen LogP contribution is -2.11. The highest BCUT2D eigenvalue weighted by Crippen LogP contribution is 2.55. The fourth-order valence-corrected chi connectivity index (χ4v) is 3.46. The van der Waals surface area contributed by atoms with Crippen LogP contribution < -0.4 is 0 Å². The van der Waals surface area contributed by atoms with E-state index >= 15 is 0 Å². The summed E-state index contributed by atoms with van der Waals surface area (Å²) in [4.78, 5) is 12.4. The number of fused-ring (bicyclic) bond motifs is 2. The highest BCUT2D eigenvalue weighted by molar-refractivity contribution is 5.99. The summed E-state index contributed by atoms with van der Waals surface area (Å²) in [7, 11) is 0.